The van der Waals surface area contributed by atoms with E-state index < -0.39 is 0 Å². The molecule has 88 valence electrons. The van der Waals surface area contributed by atoms with Crippen LogP contribution in [0.3, 0.4) is 0 Å². The number of carbonyl (C=O) groups is 1. The van der Waals surface area contributed by atoms with Crippen molar-refractivity contribution in [3.05, 3.63) is 28.5 Å². The topological polar surface area (TPSA) is 33.2 Å². The molecule has 1 atom stereocenters. The van der Waals surface area contributed by atoms with Crippen LogP contribution in [0.1, 0.15) is 30.8 Å². The predicted octanol–water partition coefficient (Wildman–Crippen LogP) is 2.96. The Morgan fingerprint density at radius 1 is 1.62 bits per heavy atom. The van der Waals surface area contributed by atoms with Crippen molar-refractivity contribution in [3.63, 3.8) is 0 Å². The van der Waals surface area contributed by atoms with E-state index in [1.54, 1.807) is 17.2 Å². The molecule has 16 heavy (non-hydrogen) atoms. The van der Waals surface area contributed by atoms with Crippen LogP contribution in [-0.4, -0.2) is 29.4 Å². The van der Waals surface area contributed by atoms with Gasteiger partial charge >= 0.3 is 0 Å². The molecule has 0 fully saturated rings. The van der Waals surface area contributed by atoms with E-state index in [0.29, 0.717) is 11.6 Å². The summed E-state index contributed by atoms with van der Waals surface area (Å²) in [6.07, 6.45) is 2.70. The molecule has 0 saturated heterocycles. The monoisotopic (exact) mass is 284 g/mol. The highest BCUT2D eigenvalue weighted by molar-refractivity contribution is 9.10. The highest BCUT2D eigenvalue weighted by Crippen LogP contribution is 2.15. The third-order valence-corrected chi connectivity index (χ3v) is 3.23. The van der Waals surface area contributed by atoms with Gasteiger partial charge in [0.25, 0.3) is 5.91 Å². The highest BCUT2D eigenvalue weighted by atomic mass is 79.9. The minimum Gasteiger partial charge on any atom is -0.340 e. The average molecular weight is 285 g/mol. The second-order valence-corrected chi connectivity index (χ2v) is 4.89. The van der Waals surface area contributed by atoms with Crippen LogP contribution in [0.4, 0.5) is 0 Å². The molecule has 0 aliphatic carbocycles. The summed E-state index contributed by atoms with van der Waals surface area (Å²) in [5.41, 5.74) is 0.480. The number of nitrogens with zero attached hydrogens (tertiary/aromatic N) is 2. The van der Waals surface area contributed by atoms with Gasteiger partial charge in [-0.1, -0.05) is 20.3 Å². The quantitative estimate of drug-likeness (QED) is 0.852. The third-order valence-electron chi connectivity index (χ3n) is 2.59. The fraction of sp³-hybridized carbons (Fsp3) is 0.500. The molecule has 0 radical (unpaired) electrons. The van der Waals surface area contributed by atoms with E-state index >= 15 is 0 Å². The summed E-state index contributed by atoms with van der Waals surface area (Å²) in [6.45, 7) is 5.02. The van der Waals surface area contributed by atoms with Crippen LogP contribution in [-0.2, 0) is 0 Å². The Kier molecular flexibility index (Phi) is 4.93. The number of halogens is 1. The van der Waals surface area contributed by atoms with Gasteiger partial charge in [0.2, 0.25) is 0 Å². The molecule has 0 aliphatic rings. The van der Waals surface area contributed by atoms with E-state index in [4.69, 9.17) is 0 Å². The molecular weight excluding hydrogens is 268 g/mol. The molecule has 1 unspecified atom stereocenters. The largest absolute Gasteiger partial charge is 0.340 e. The van der Waals surface area contributed by atoms with Crippen molar-refractivity contribution < 1.29 is 4.79 Å². The van der Waals surface area contributed by atoms with Crippen LogP contribution in [0.5, 0.6) is 0 Å². The Bertz CT molecular complexity index is 368. The van der Waals surface area contributed by atoms with E-state index in [1.807, 2.05) is 13.1 Å². The molecule has 0 saturated carbocycles. The van der Waals surface area contributed by atoms with E-state index in [0.717, 1.165) is 17.4 Å². The van der Waals surface area contributed by atoms with Gasteiger partial charge in [-0.15, -0.1) is 0 Å². The van der Waals surface area contributed by atoms with Gasteiger partial charge in [0.1, 0.15) is 5.69 Å². The van der Waals surface area contributed by atoms with E-state index in [9.17, 15) is 4.79 Å². The van der Waals surface area contributed by atoms with Crippen LogP contribution in [0.2, 0.25) is 0 Å². The predicted molar refractivity (Wildman–Crippen MR) is 68.4 cm³/mol. The molecule has 3 nitrogen and oxygen atoms in total. The molecule has 1 rings (SSSR count). The normalized spacial score (nSPS) is 12.2. The van der Waals surface area contributed by atoms with Crippen LogP contribution >= 0.6 is 15.9 Å². The van der Waals surface area contributed by atoms with Gasteiger partial charge < -0.3 is 4.90 Å². The van der Waals surface area contributed by atoms with Crippen molar-refractivity contribution in [2.45, 2.75) is 20.3 Å². The molecule has 0 aromatic carbocycles. The first-order chi connectivity index (χ1) is 7.56. The Morgan fingerprint density at radius 2 is 2.31 bits per heavy atom. The zero-order valence-electron chi connectivity index (χ0n) is 9.90. The number of carbonyl (C=O) groups excluding carboxylic acids is 1. The first-order valence-corrected chi connectivity index (χ1v) is 6.21. The maximum Gasteiger partial charge on any atom is 0.273 e. The van der Waals surface area contributed by atoms with Crippen LogP contribution in [0.15, 0.2) is 22.8 Å². The Morgan fingerprint density at radius 3 is 2.88 bits per heavy atom. The summed E-state index contributed by atoms with van der Waals surface area (Å²) in [4.78, 5) is 17.9. The molecule has 1 amide bonds. The van der Waals surface area contributed by atoms with E-state index in [-0.39, 0.29) is 5.91 Å². The Hall–Kier alpha value is -0.900. The van der Waals surface area contributed by atoms with Gasteiger partial charge in [0.05, 0.1) is 0 Å². The van der Waals surface area contributed by atoms with E-state index in [1.165, 1.54) is 0 Å². The van der Waals surface area contributed by atoms with Crippen LogP contribution in [0.25, 0.3) is 0 Å². The number of rotatable bonds is 4. The van der Waals surface area contributed by atoms with Crippen LogP contribution < -0.4 is 0 Å². The molecule has 1 aromatic rings. The molecule has 1 aromatic heterocycles. The Balaban J connectivity index is 2.75. The molecule has 0 N–H and O–H groups in total. The maximum atomic E-state index is 12.1. The summed E-state index contributed by atoms with van der Waals surface area (Å²) >= 11 is 3.34. The zero-order valence-corrected chi connectivity index (χ0v) is 11.5. The zero-order chi connectivity index (χ0) is 12.1. The van der Waals surface area contributed by atoms with Crippen molar-refractivity contribution >= 4 is 21.8 Å². The lowest BCUT2D eigenvalue weighted by molar-refractivity contribution is 0.0768. The Labute approximate surface area is 105 Å². The van der Waals surface area contributed by atoms with Gasteiger partial charge in [-0.2, -0.15) is 0 Å². The molecule has 0 spiro atoms. The molecule has 1 heterocycles. The van der Waals surface area contributed by atoms with Gasteiger partial charge in [-0.3, -0.25) is 4.79 Å². The molecule has 0 aliphatic heterocycles. The number of pyridine rings is 1. The minimum atomic E-state index is -0.0345. The van der Waals surface area contributed by atoms with Gasteiger partial charge in [-0.05, 0) is 34.0 Å². The summed E-state index contributed by atoms with van der Waals surface area (Å²) in [7, 11) is 1.82. The lowest BCUT2D eigenvalue weighted by Crippen LogP contribution is -2.31. The molecular formula is C12H17BrN2O. The van der Waals surface area contributed by atoms with Crippen molar-refractivity contribution in [2.24, 2.45) is 5.92 Å². The second-order valence-electron chi connectivity index (χ2n) is 4.03. The summed E-state index contributed by atoms with van der Waals surface area (Å²) in [5, 5.41) is 0. The van der Waals surface area contributed by atoms with E-state index in [2.05, 4.69) is 34.8 Å². The molecule has 0 bridgehead atoms. The lowest BCUT2D eigenvalue weighted by atomic mass is 10.1. The van der Waals surface area contributed by atoms with Crippen molar-refractivity contribution in [3.8, 4) is 0 Å². The number of aromatic nitrogens is 1. The third kappa shape index (κ3) is 3.30. The molecule has 4 heteroatoms. The van der Waals surface area contributed by atoms with Crippen molar-refractivity contribution in [2.75, 3.05) is 13.6 Å². The fourth-order valence-corrected chi connectivity index (χ4v) is 1.83. The standard InChI is InChI=1S/C12H17BrN2O/c1-4-9(2)8-15(3)12(16)11-10(13)6-5-7-14-11/h5-7,9H,4,8H2,1-3H3. The summed E-state index contributed by atoms with van der Waals surface area (Å²) in [5.74, 6) is 0.476. The van der Waals surface area contributed by atoms with Crippen LogP contribution in [0, 0.1) is 5.92 Å². The second kappa shape index (κ2) is 5.99. The van der Waals surface area contributed by atoms with Gasteiger partial charge in [0.15, 0.2) is 0 Å². The number of hydrogen-bond donors (Lipinski definition) is 0. The van der Waals surface area contributed by atoms with Crippen molar-refractivity contribution in [1.82, 2.24) is 9.88 Å². The smallest absolute Gasteiger partial charge is 0.273 e. The average Bonchev–Trinajstić information content (AvgIpc) is 2.28. The fourth-order valence-electron chi connectivity index (χ4n) is 1.40. The first kappa shape index (κ1) is 13.2. The lowest BCUT2D eigenvalue weighted by Gasteiger charge is -2.20. The maximum absolute atomic E-state index is 12.1. The first-order valence-electron chi connectivity index (χ1n) is 5.42. The summed E-state index contributed by atoms with van der Waals surface area (Å²) < 4.78 is 0.746. The van der Waals surface area contributed by atoms with Gasteiger partial charge in [0, 0.05) is 24.3 Å². The highest BCUT2D eigenvalue weighted by Gasteiger charge is 2.17. The number of hydrogen-bond acceptors (Lipinski definition) is 2. The number of amides is 1. The van der Waals surface area contributed by atoms with Crippen molar-refractivity contribution in [1.29, 1.82) is 0 Å². The minimum absolute atomic E-state index is 0.0345. The SMILES string of the molecule is CCC(C)CN(C)C(=O)c1ncccc1Br. The van der Waals surface area contributed by atoms with Gasteiger partial charge in [-0.25, -0.2) is 4.98 Å². The summed E-state index contributed by atoms with van der Waals surface area (Å²) in [6, 6.07) is 3.63.